The van der Waals surface area contributed by atoms with Crippen LogP contribution in [0.25, 0.3) is 10.6 Å². The summed E-state index contributed by atoms with van der Waals surface area (Å²) in [6.45, 7) is 1.68. The van der Waals surface area contributed by atoms with Crippen molar-refractivity contribution in [1.82, 2.24) is 4.98 Å². The van der Waals surface area contributed by atoms with Gasteiger partial charge in [-0.25, -0.2) is 9.37 Å². The molecule has 106 valence electrons. The number of nitrogens with one attached hydrogen (secondary N) is 1. The molecule has 0 aliphatic carbocycles. The second-order valence-electron chi connectivity index (χ2n) is 4.47. The summed E-state index contributed by atoms with van der Waals surface area (Å²) in [6.07, 6.45) is 0. The zero-order valence-corrected chi connectivity index (χ0v) is 12.7. The van der Waals surface area contributed by atoms with Crippen LogP contribution in [0.1, 0.15) is 16.1 Å². The van der Waals surface area contributed by atoms with Crippen LogP contribution in [0.2, 0.25) is 0 Å². The number of amides is 1. The second kappa shape index (κ2) is 5.75. The molecule has 0 aliphatic heterocycles. The number of hydrogen-bond acceptors (Lipinski definition) is 4. The minimum atomic E-state index is -0.343. The van der Waals surface area contributed by atoms with Crippen LogP contribution in [-0.4, -0.2) is 10.9 Å². The largest absolute Gasteiger partial charge is 0.321 e. The maximum absolute atomic E-state index is 13.5. The average Bonchev–Trinajstić information content (AvgIpc) is 3.12. The molecule has 1 amide bonds. The van der Waals surface area contributed by atoms with Crippen molar-refractivity contribution in [2.24, 2.45) is 0 Å². The van der Waals surface area contributed by atoms with E-state index in [1.54, 1.807) is 35.8 Å². The quantitative estimate of drug-likeness (QED) is 0.768. The van der Waals surface area contributed by atoms with Gasteiger partial charge in [0.1, 0.15) is 16.5 Å². The maximum Gasteiger partial charge on any atom is 0.275 e. The van der Waals surface area contributed by atoms with Gasteiger partial charge in [0.15, 0.2) is 0 Å². The third-order valence-corrected chi connectivity index (χ3v) is 4.51. The minimum Gasteiger partial charge on any atom is -0.321 e. The number of hydrogen-bond donors (Lipinski definition) is 1. The first-order chi connectivity index (χ1) is 10.1. The molecule has 0 fully saturated rings. The van der Waals surface area contributed by atoms with Gasteiger partial charge in [0.25, 0.3) is 5.91 Å². The van der Waals surface area contributed by atoms with Crippen LogP contribution < -0.4 is 5.32 Å². The SMILES string of the molecule is Cc1ccc(NC(=O)c2csc(-c3ccsc3)n2)cc1F. The highest BCUT2D eigenvalue weighted by atomic mass is 32.1. The lowest BCUT2D eigenvalue weighted by Crippen LogP contribution is -2.12. The van der Waals surface area contributed by atoms with Crippen molar-refractivity contribution in [2.75, 3.05) is 5.32 Å². The van der Waals surface area contributed by atoms with Crippen LogP contribution in [0.4, 0.5) is 10.1 Å². The van der Waals surface area contributed by atoms with Gasteiger partial charge in [0.05, 0.1) is 0 Å². The molecule has 2 aromatic heterocycles. The molecule has 0 aliphatic rings. The predicted octanol–water partition coefficient (Wildman–Crippen LogP) is 4.57. The second-order valence-corrected chi connectivity index (χ2v) is 6.11. The summed E-state index contributed by atoms with van der Waals surface area (Å²) in [4.78, 5) is 16.4. The van der Waals surface area contributed by atoms with Crippen LogP contribution in [-0.2, 0) is 0 Å². The Morgan fingerprint density at radius 3 is 2.86 bits per heavy atom. The Kier molecular flexibility index (Phi) is 3.81. The van der Waals surface area contributed by atoms with Crippen LogP contribution in [0.3, 0.4) is 0 Å². The smallest absolute Gasteiger partial charge is 0.275 e. The number of nitrogens with zero attached hydrogens (tertiary/aromatic N) is 1. The first kappa shape index (κ1) is 13.9. The van der Waals surface area contributed by atoms with Gasteiger partial charge in [-0.15, -0.1) is 11.3 Å². The van der Waals surface area contributed by atoms with Crippen molar-refractivity contribution in [1.29, 1.82) is 0 Å². The van der Waals surface area contributed by atoms with Crippen molar-refractivity contribution in [3.8, 4) is 10.6 Å². The predicted molar refractivity (Wildman–Crippen MR) is 84.5 cm³/mol. The fourth-order valence-corrected chi connectivity index (χ4v) is 3.27. The van der Waals surface area contributed by atoms with Crippen LogP contribution in [0, 0.1) is 12.7 Å². The normalized spacial score (nSPS) is 10.6. The summed E-state index contributed by atoms with van der Waals surface area (Å²) in [6, 6.07) is 6.56. The molecule has 3 aromatic rings. The highest BCUT2D eigenvalue weighted by Gasteiger charge is 2.13. The maximum atomic E-state index is 13.5. The van der Waals surface area contributed by atoms with Gasteiger partial charge in [-0.05, 0) is 36.1 Å². The standard InChI is InChI=1S/C15H11FN2OS2/c1-9-2-3-11(6-12(9)16)17-14(19)13-8-21-15(18-13)10-4-5-20-7-10/h2-8H,1H3,(H,17,19). The molecular weight excluding hydrogens is 307 g/mol. The Morgan fingerprint density at radius 2 is 2.14 bits per heavy atom. The molecule has 2 heterocycles. The summed E-state index contributed by atoms with van der Waals surface area (Å²) >= 11 is 2.99. The molecule has 0 unspecified atom stereocenters. The highest BCUT2D eigenvalue weighted by Crippen LogP contribution is 2.26. The number of rotatable bonds is 3. The summed E-state index contributed by atoms with van der Waals surface area (Å²) < 4.78 is 13.5. The Hall–Kier alpha value is -2.05. The van der Waals surface area contributed by atoms with Crippen molar-refractivity contribution in [3.63, 3.8) is 0 Å². The summed E-state index contributed by atoms with van der Waals surface area (Å²) in [5, 5.41) is 9.10. The number of aromatic nitrogens is 1. The van der Waals surface area contributed by atoms with E-state index in [-0.39, 0.29) is 11.7 Å². The Labute approximate surface area is 129 Å². The van der Waals surface area contributed by atoms with Gasteiger partial charge >= 0.3 is 0 Å². The molecule has 6 heteroatoms. The topological polar surface area (TPSA) is 42.0 Å². The fourth-order valence-electron chi connectivity index (χ4n) is 1.76. The molecule has 0 saturated heterocycles. The van der Waals surface area contributed by atoms with E-state index in [9.17, 15) is 9.18 Å². The Morgan fingerprint density at radius 1 is 1.29 bits per heavy atom. The van der Waals surface area contributed by atoms with Crippen molar-refractivity contribution in [2.45, 2.75) is 6.92 Å². The summed E-state index contributed by atoms with van der Waals surface area (Å²) in [7, 11) is 0. The molecule has 0 atom stereocenters. The minimum absolute atomic E-state index is 0.335. The van der Waals surface area contributed by atoms with Crippen molar-refractivity contribution < 1.29 is 9.18 Å². The zero-order valence-electron chi connectivity index (χ0n) is 11.1. The molecule has 21 heavy (non-hydrogen) atoms. The van der Waals surface area contributed by atoms with Crippen molar-refractivity contribution in [3.05, 3.63) is 57.5 Å². The lowest BCUT2D eigenvalue weighted by atomic mass is 10.2. The fraction of sp³-hybridized carbons (Fsp3) is 0.0667. The summed E-state index contributed by atoms with van der Waals surface area (Å²) in [5.41, 5.74) is 2.31. The molecular formula is C15H11FN2OS2. The molecule has 0 spiro atoms. The third-order valence-electron chi connectivity index (χ3n) is 2.93. The number of carbonyl (C=O) groups is 1. The number of anilines is 1. The molecule has 1 N–H and O–H groups in total. The van der Waals surface area contributed by atoms with Crippen LogP contribution in [0.5, 0.6) is 0 Å². The van der Waals surface area contributed by atoms with E-state index < -0.39 is 0 Å². The van der Waals surface area contributed by atoms with Gasteiger partial charge in [-0.3, -0.25) is 4.79 Å². The van der Waals surface area contributed by atoms with E-state index in [2.05, 4.69) is 10.3 Å². The lowest BCUT2D eigenvalue weighted by molar-refractivity contribution is 0.102. The van der Waals surface area contributed by atoms with Gasteiger partial charge in [-0.2, -0.15) is 11.3 Å². The third kappa shape index (κ3) is 3.01. The molecule has 3 nitrogen and oxygen atoms in total. The van der Waals surface area contributed by atoms with Crippen molar-refractivity contribution >= 4 is 34.3 Å². The zero-order chi connectivity index (χ0) is 14.8. The molecule has 0 radical (unpaired) electrons. The molecule has 1 aromatic carbocycles. The van der Waals surface area contributed by atoms with Gasteiger partial charge in [-0.1, -0.05) is 6.07 Å². The Balaban J connectivity index is 1.78. The van der Waals surface area contributed by atoms with Gasteiger partial charge in [0.2, 0.25) is 0 Å². The van der Waals surface area contributed by atoms with E-state index in [0.29, 0.717) is 16.9 Å². The molecule has 0 saturated carbocycles. The van der Waals surface area contributed by atoms with Crippen LogP contribution in [0.15, 0.2) is 40.4 Å². The van der Waals surface area contributed by atoms with Crippen LogP contribution >= 0.6 is 22.7 Å². The lowest BCUT2D eigenvalue weighted by Gasteiger charge is -2.04. The van der Waals surface area contributed by atoms with Gasteiger partial charge < -0.3 is 5.32 Å². The van der Waals surface area contributed by atoms with E-state index in [0.717, 1.165) is 10.6 Å². The average molecular weight is 318 g/mol. The van der Waals surface area contributed by atoms with E-state index >= 15 is 0 Å². The summed E-state index contributed by atoms with van der Waals surface area (Å²) in [5.74, 6) is -0.680. The van der Waals surface area contributed by atoms with E-state index in [4.69, 9.17) is 0 Å². The van der Waals surface area contributed by atoms with E-state index in [1.165, 1.54) is 17.4 Å². The molecule has 0 bridgehead atoms. The number of carbonyl (C=O) groups excluding carboxylic acids is 1. The van der Waals surface area contributed by atoms with E-state index in [1.807, 2.05) is 16.8 Å². The first-order valence-electron chi connectivity index (χ1n) is 6.19. The number of halogens is 1. The number of thiazole rings is 1. The molecule has 3 rings (SSSR count). The number of aryl methyl sites for hydroxylation is 1. The Bertz CT molecular complexity index is 781. The highest BCUT2D eigenvalue weighted by molar-refractivity contribution is 7.14. The monoisotopic (exact) mass is 318 g/mol. The number of benzene rings is 1. The van der Waals surface area contributed by atoms with Gasteiger partial charge in [0, 0.05) is 22.0 Å². The first-order valence-corrected chi connectivity index (χ1v) is 8.01. The number of thiophene rings is 1.